The molecule has 0 aromatic heterocycles. The van der Waals surface area contributed by atoms with E-state index in [-0.39, 0.29) is 0 Å². The number of hydrogen-bond acceptors (Lipinski definition) is 0. The fourth-order valence-electron chi connectivity index (χ4n) is 0.573. The molecule has 0 unspecified atom stereocenters. The second-order valence-electron chi connectivity index (χ2n) is 1.93. The van der Waals surface area contributed by atoms with Crippen LogP contribution < -0.4 is 0 Å². The molecule has 0 fully saturated rings. The lowest BCUT2D eigenvalue weighted by Gasteiger charge is -1.89. The molecule has 0 nitrogen and oxygen atoms in total. The summed E-state index contributed by atoms with van der Waals surface area (Å²) in [6.45, 7) is 7.86. The standard InChI is InChI=1S/C9H14/c1-4-6-8-9(3)7-5-2/h4-7H,3,8H2,1-2H3. The average molecular weight is 122 g/mol. The molecule has 0 bridgehead atoms. The summed E-state index contributed by atoms with van der Waals surface area (Å²) < 4.78 is 0. The van der Waals surface area contributed by atoms with E-state index in [0.717, 1.165) is 12.0 Å². The van der Waals surface area contributed by atoms with Gasteiger partial charge in [-0.25, -0.2) is 0 Å². The molecular weight excluding hydrogens is 108 g/mol. The summed E-state index contributed by atoms with van der Waals surface area (Å²) in [7, 11) is 0. The summed E-state index contributed by atoms with van der Waals surface area (Å²) in [4.78, 5) is 0. The van der Waals surface area contributed by atoms with Crippen LogP contribution in [-0.2, 0) is 0 Å². The lowest BCUT2D eigenvalue weighted by molar-refractivity contribution is 1.29. The van der Waals surface area contributed by atoms with Crippen LogP contribution in [0, 0.1) is 0 Å². The van der Waals surface area contributed by atoms with Crippen molar-refractivity contribution in [3.05, 3.63) is 36.5 Å². The highest BCUT2D eigenvalue weighted by Gasteiger charge is 1.79. The molecule has 0 saturated heterocycles. The van der Waals surface area contributed by atoms with Crippen LogP contribution in [0.2, 0.25) is 0 Å². The van der Waals surface area contributed by atoms with Crippen molar-refractivity contribution in [3.8, 4) is 0 Å². The summed E-state index contributed by atoms with van der Waals surface area (Å²) in [5.41, 5.74) is 1.16. The first kappa shape index (κ1) is 8.22. The molecule has 0 heteroatoms. The van der Waals surface area contributed by atoms with E-state index in [1.165, 1.54) is 0 Å². The quantitative estimate of drug-likeness (QED) is 0.398. The molecule has 0 aliphatic carbocycles. The lowest BCUT2D eigenvalue weighted by atomic mass is 10.2. The zero-order valence-corrected chi connectivity index (χ0v) is 6.22. The summed E-state index contributed by atoms with van der Waals surface area (Å²) in [5.74, 6) is 0. The lowest BCUT2D eigenvalue weighted by Crippen LogP contribution is -1.68. The van der Waals surface area contributed by atoms with Gasteiger partial charge in [-0.05, 0) is 20.3 Å². The normalized spacial score (nSPS) is 11.3. The van der Waals surface area contributed by atoms with Gasteiger partial charge in [-0.3, -0.25) is 0 Å². The van der Waals surface area contributed by atoms with Gasteiger partial charge in [0.15, 0.2) is 0 Å². The molecule has 0 saturated carbocycles. The first-order chi connectivity index (χ1) is 4.31. The second kappa shape index (κ2) is 5.36. The molecule has 0 atom stereocenters. The van der Waals surface area contributed by atoms with Gasteiger partial charge in [0.05, 0.1) is 0 Å². The van der Waals surface area contributed by atoms with Crippen LogP contribution in [0.5, 0.6) is 0 Å². The highest BCUT2D eigenvalue weighted by molar-refractivity contribution is 5.16. The van der Waals surface area contributed by atoms with Gasteiger partial charge in [0.2, 0.25) is 0 Å². The van der Waals surface area contributed by atoms with E-state index in [9.17, 15) is 0 Å². The molecule has 50 valence electrons. The Hall–Kier alpha value is -0.780. The van der Waals surface area contributed by atoms with E-state index in [4.69, 9.17) is 0 Å². The van der Waals surface area contributed by atoms with Crippen LogP contribution in [0.1, 0.15) is 20.3 Å². The van der Waals surface area contributed by atoms with Gasteiger partial charge in [0.1, 0.15) is 0 Å². The van der Waals surface area contributed by atoms with Crippen LogP contribution in [0.4, 0.5) is 0 Å². The Balaban J connectivity index is 3.51. The van der Waals surface area contributed by atoms with Gasteiger partial charge in [-0.15, -0.1) is 0 Å². The molecule has 0 aromatic rings. The fraction of sp³-hybridized carbons (Fsp3) is 0.333. The van der Waals surface area contributed by atoms with E-state index in [0.29, 0.717) is 0 Å². The Labute approximate surface area is 57.6 Å². The van der Waals surface area contributed by atoms with Crippen molar-refractivity contribution in [3.63, 3.8) is 0 Å². The van der Waals surface area contributed by atoms with Gasteiger partial charge >= 0.3 is 0 Å². The first-order valence-electron chi connectivity index (χ1n) is 3.23. The zero-order chi connectivity index (χ0) is 7.11. The van der Waals surface area contributed by atoms with E-state index in [2.05, 4.69) is 12.7 Å². The third-order valence-electron chi connectivity index (χ3n) is 1.02. The van der Waals surface area contributed by atoms with Crippen molar-refractivity contribution in [2.45, 2.75) is 20.3 Å². The minimum absolute atomic E-state index is 0.973. The number of hydrogen-bond donors (Lipinski definition) is 0. The smallest absolute Gasteiger partial charge is 0.0104 e. The van der Waals surface area contributed by atoms with Crippen molar-refractivity contribution >= 4 is 0 Å². The first-order valence-corrected chi connectivity index (χ1v) is 3.23. The molecule has 0 heterocycles. The maximum absolute atomic E-state index is 3.84. The van der Waals surface area contributed by atoms with Gasteiger partial charge in [-0.2, -0.15) is 0 Å². The van der Waals surface area contributed by atoms with Gasteiger partial charge in [0, 0.05) is 0 Å². The molecular formula is C9H14. The van der Waals surface area contributed by atoms with Crippen molar-refractivity contribution in [1.29, 1.82) is 0 Å². The maximum Gasteiger partial charge on any atom is -0.0104 e. The molecule has 0 aromatic carbocycles. The molecule has 0 N–H and O–H groups in total. The van der Waals surface area contributed by atoms with Crippen molar-refractivity contribution in [2.75, 3.05) is 0 Å². The Morgan fingerprint density at radius 1 is 1.33 bits per heavy atom. The molecule has 0 aliphatic heterocycles. The van der Waals surface area contributed by atoms with Crippen LogP contribution >= 0.6 is 0 Å². The van der Waals surface area contributed by atoms with Crippen LogP contribution in [0.3, 0.4) is 0 Å². The highest BCUT2D eigenvalue weighted by atomic mass is 13.9. The Morgan fingerprint density at radius 3 is 2.44 bits per heavy atom. The number of allylic oxidation sites excluding steroid dienone is 5. The Morgan fingerprint density at radius 2 is 2.00 bits per heavy atom. The second-order valence-corrected chi connectivity index (χ2v) is 1.93. The summed E-state index contributed by atoms with van der Waals surface area (Å²) in [6.07, 6.45) is 9.14. The summed E-state index contributed by atoms with van der Waals surface area (Å²) in [5, 5.41) is 0. The van der Waals surface area contributed by atoms with Gasteiger partial charge in [0.25, 0.3) is 0 Å². The Kier molecular flexibility index (Phi) is 4.89. The highest BCUT2D eigenvalue weighted by Crippen LogP contribution is 1.99. The van der Waals surface area contributed by atoms with E-state index in [1.807, 2.05) is 32.1 Å². The number of rotatable bonds is 3. The molecule has 0 amide bonds. The molecule has 0 spiro atoms. The predicted octanol–water partition coefficient (Wildman–Crippen LogP) is 3.08. The molecule has 0 radical (unpaired) electrons. The molecule has 0 rings (SSSR count). The molecule has 0 aliphatic rings. The predicted molar refractivity (Wildman–Crippen MR) is 43.4 cm³/mol. The minimum Gasteiger partial charge on any atom is -0.0955 e. The Bertz CT molecular complexity index is 127. The summed E-state index contributed by atoms with van der Waals surface area (Å²) in [6, 6.07) is 0. The van der Waals surface area contributed by atoms with E-state index < -0.39 is 0 Å². The maximum atomic E-state index is 3.84. The van der Waals surface area contributed by atoms with Crippen LogP contribution in [-0.4, -0.2) is 0 Å². The van der Waals surface area contributed by atoms with Crippen molar-refractivity contribution in [1.82, 2.24) is 0 Å². The van der Waals surface area contributed by atoms with Crippen molar-refractivity contribution in [2.24, 2.45) is 0 Å². The largest absolute Gasteiger partial charge is 0.0955 e. The third kappa shape index (κ3) is 5.09. The topological polar surface area (TPSA) is 0 Å². The van der Waals surface area contributed by atoms with Crippen molar-refractivity contribution < 1.29 is 0 Å². The SMILES string of the molecule is C=C(C=CC)CC=CC. The van der Waals surface area contributed by atoms with Crippen LogP contribution in [0.15, 0.2) is 36.5 Å². The van der Waals surface area contributed by atoms with Gasteiger partial charge < -0.3 is 0 Å². The van der Waals surface area contributed by atoms with E-state index in [1.54, 1.807) is 0 Å². The zero-order valence-electron chi connectivity index (χ0n) is 6.22. The summed E-state index contributed by atoms with van der Waals surface area (Å²) >= 11 is 0. The minimum atomic E-state index is 0.973. The van der Waals surface area contributed by atoms with E-state index >= 15 is 0 Å². The fourth-order valence-corrected chi connectivity index (χ4v) is 0.573. The monoisotopic (exact) mass is 122 g/mol. The average Bonchev–Trinajstić information content (AvgIpc) is 1.85. The van der Waals surface area contributed by atoms with Gasteiger partial charge in [-0.1, -0.05) is 36.5 Å². The third-order valence-corrected chi connectivity index (χ3v) is 1.02. The van der Waals surface area contributed by atoms with Crippen LogP contribution in [0.25, 0.3) is 0 Å². The molecule has 9 heavy (non-hydrogen) atoms.